The number of aryl methyl sites for hydroxylation is 1. The van der Waals surface area contributed by atoms with Crippen molar-refractivity contribution in [3.05, 3.63) is 26.2 Å². The Balaban J connectivity index is 3.15. The van der Waals surface area contributed by atoms with Crippen LogP contribution >= 0.6 is 15.9 Å². The molecule has 1 aromatic heterocycles. The van der Waals surface area contributed by atoms with Crippen LogP contribution in [0.4, 0.5) is 11.6 Å². The molecule has 0 spiro atoms. The third-order valence-electron chi connectivity index (χ3n) is 2.34. The van der Waals surface area contributed by atoms with E-state index in [9.17, 15) is 19.7 Å². The Hall–Kier alpha value is -1.81. The Bertz CT molecular complexity index is 573. The fourth-order valence-corrected chi connectivity index (χ4v) is 1.72. The first kappa shape index (κ1) is 16.2. The number of aliphatic hydroxyl groups excluding tert-OH is 1. The Morgan fingerprint density at radius 1 is 1.65 bits per heavy atom. The minimum Gasteiger partial charge on any atom is -0.395 e. The van der Waals surface area contributed by atoms with Gasteiger partial charge < -0.3 is 5.11 Å². The number of hydrogen-bond donors (Lipinski definition) is 3. The van der Waals surface area contributed by atoms with Gasteiger partial charge in [0.15, 0.2) is 0 Å². The van der Waals surface area contributed by atoms with Gasteiger partial charge in [0.25, 0.3) is 0 Å². The normalized spacial score (nSPS) is 11.9. The molecule has 9 nitrogen and oxygen atoms in total. The van der Waals surface area contributed by atoms with Crippen LogP contribution in [0.15, 0.2) is 4.79 Å². The number of hydrogen-bond acceptors (Lipinski definition) is 6. The summed E-state index contributed by atoms with van der Waals surface area (Å²) in [7, 11) is 0. The number of nitrogens with one attached hydrogen (secondary N) is 2. The zero-order valence-electron chi connectivity index (χ0n) is 10.6. The molecule has 110 valence electrons. The lowest BCUT2D eigenvalue weighted by Crippen LogP contribution is -2.21. The number of halogens is 1. The monoisotopic (exact) mass is 348 g/mol. The van der Waals surface area contributed by atoms with Crippen molar-refractivity contribution in [3.63, 3.8) is 0 Å². The lowest BCUT2D eigenvalue weighted by molar-refractivity contribution is -0.387. The highest BCUT2D eigenvalue weighted by molar-refractivity contribution is 9.09. The number of nitrogens with zero attached hydrogens (tertiary/aromatic N) is 2. The largest absolute Gasteiger partial charge is 0.395 e. The van der Waals surface area contributed by atoms with E-state index in [2.05, 4.69) is 31.2 Å². The highest BCUT2D eigenvalue weighted by atomic mass is 79.9. The third kappa shape index (κ3) is 4.38. The molecule has 0 aliphatic heterocycles. The van der Waals surface area contributed by atoms with Gasteiger partial charge in [-0.3, -0.25) is 30.0 Å². The van der Waals surface area contributed by atoms with Crippen molar-refractivity contribution in [2.75, 3.05) is 11.9 Å². The smallest absolute Gasteiger partial charge is 0.355 e. The number of aliphatic hydroxyl groups is 1. The molecule has 1 amide bonds. The first-order valence-electron chi connectivity index (χ1n) is 5.65. The topological polar surface area (TPSA) is 138 Å². The summed E-state index contributed by atoms with van der Waals surface area (Å²) in [5.41, 5.74) is -1.63. The van der Waals surface area contributed by atoms with Gasteiger partial charge in [-0.1, -0.05) is 15.9 Å². The van der Waals surface area contributed by atoms with Gasteiger partial charge >= 0.3 is 11.2 Å². The van der Waals surface area contributed by atoms with Gasteiger partial charge in [-0.15, -0.1) is 0 Å². The van der Waals surface area contributed by atoms with E-state index in [4.69, 9.17) is 5.11 Å². The van der Waals surface area contributed by atoms with Crippen LogP contribution in [0.25, 0.3) is 0 Å². The Labute approximate surface area is 121 Å². The van der Waals surface area contributed by atoms with E-state index >= 15 is 0 Å². The number of carbonyl (C=O) groups is 1. The van der Waals surface area contributed by atoms with Crippen molar-refractivity contribution < 1.29 is 14.8 Å². The van der Waals surface area contributed by atoms with Crippen LogP contribution in [0.2, 0.25) is 0 Å². The summed E-state index contributed by atoms with van der Waals surface area (Å²) in [4.78, 5) is 38.4. The summed E-state index contributed by atoms with van der Waals surface area (Å²) < 4.78 is 0. The summed E-state index contributed by atoms with van der Waals surface area (Å²) in [6, 6.07) is 0. The lowest BCUT2D eigenvalue weighted by Gasteiger charge is -2.07. The van der Waals surface area contributed by atoms with Gasteiger partial charge in [0.05, 0.1) is 11.5 Å². The second-order valence-electron chi connectivity index (χ2n) is 3.97. The Kier molecular flexibility index (Phi) is 5.77. The average Bonchev–Trinajstić information content (AvgIpc) is 2.33. The predicted molar refractivity (Wildman–Crippen MR) is 73.9 cm³/mol. The van der Waals surface area contributed by atoms with Gasteiger partial charge in [0.2, 0.25) is 11.9 Å². The summed E-state index contributed by atoms with van der Waals surface area (Å²) in [5, 5.41) is 22.0. The first-order chi connectivity index (χ1) is 9.35. The predicted octanol–water partition coefficient (Wildman–Crippen LogP) is 0.325. The van der Waals surface area contributed by atoms with Gasteiger partial charge in [-0.2, -0.15) is 0 Å². The lowest BCUT2D eigenvalue weighted by atomic mass is 10.1. The fourth-order valence-electron chi connectivity index (χ4n) is 1.49. The molecule has 0 bridgehead atoms. The van der Waals surface area contributed by atoms with E-state index < -0.39 is 22.1 Å². The van der Waals surface area contributed by atoms with Crippen LogP contribution in [0, 0.1) is 10.1 Å². The number of anilines is 1. The van der Waals surface area contributed by atoms with Gasteiger partial charge in [-0.25, -0.2) is 4.98 Å². The average molecular weight is 349 g/mol. The maximum atomic E-state index is 11.6. The molecule has 1 aromatic rings. The number of H-pyrrole nitrogens is 1. The molecule has 0 fully saturated rings. The number of carbonyl (C=O) groups excluding carboxylic acids is 1. The molecule has 0 aliphatic carbocycles. The number of amides is 1. The second-order valence-corrected chi connectivity index (χ2v) is 5.26. The van der Waals surface area contributed by atoms with E-state index in [1.807, 2.05) is 0 Å². The molecule has 20 heavy (non-hydrogen) atoms. The first-order valence-corrected chi connectivity index (χ1v) is 6.56. The van der Waals surface area contributed by atoms with Crippen LogP contribution in [-0.2, 0) is 11.2 Å². The van der Waals surface area contributed by atoms with Crippen molar-refractivity contribution in [1.29, 1.82) is 0 Å². The van der Waals surface area contributed by atoms with Crippen LogP contribution in [0.5, 0.6) is 0 Å². The molecule has 0 radical (unpaired) electrons. The molecule has 1 atom stereocenters. The molecule has 0 aromatic carbocycles. The second kappa shape index (κ2) is 7.10. The molecule has 1 unspecified atom stereocenters. The van der Waals surface area contributed by atoms with Crippen LogP contribution in [0.1, 0.15) is 19.0 Å². The number of rotatable bonds is 6. The minimum atomic E-state index is -0.932. The van der Waals surface area contributed by atoms with Crippen molar-refractivity contribution in [1.82, 2.24) is 9.97 Å². The Morgan fingerprint density at radius 3 is 2.80 bits per heavy atom. The van der Waals surface area contributed by atoms with Crippen molar-refractivity contribution in [2.45, 2.75) is 24.6 Å². The molecule has 3 N–H and O–H groups in total. The van der Waals surface area contributed by atoms with Crippen molar-refractivity contribution >= 4 is 33.5 Å². The van der Waals surface area contributed by atoms with Gasteiger partial charge in [-0.05, 0) is 12.8 Å². The summed E-state index contributed by atoms with van der Waals surface area (Å²) in [5.74, 6) is -0.597. The molecule has 10 heteroatoms. The van der Waals surface area contributed by atoms with Crippen LogP contribution in [-0.4, -0.2) is 37.3 Å². The molecule has 0 saturated carbocycles. The summed E-state index contributed by atoms with van der Waals surface area (Å²) in [6.45, 7) is 1.08. The van der Waals surface area contributed by atoms with E-state index in [0.29, 0.717) is 6.42 Å². The Morgan fingerprint density at radius 2 is 2.30 bits per heavy atom. The van der Waals surface area contributed by atoms with Crippen molar-refractivity contribution in [3.8, 4) is 0 Å². The quantitative estimate of drug-likeness (QED) is 0.384. The SMILES string of the molecule is CC(=O)Nc1nc(CCC(Br)CO)c([N+](=O)[O-])c(=O)[nH]1. The molecule has 1 rings (SSSR count). The van der Waals surface area contributed by atoms with Crippen LogP contribution < -0.4 is 10.9 Å². The van der Waals surface area contributed by atoms with E-state index in [0.717, 1.165) is 0 Å². The zero-order valence-corrected chi connectivity index (χ0v) is 12.1. The van der Waals surface area contributed by atoms with E-state index in [-0.39, 0.29) is 29.5 Å². The zero-order chi connectivity index (χ0) is 15.3. The number of aromatic nitrogens is 2. The number of alkyl halides is 1. The fraction of sp³-hybridized carbons (Fsp3) is 0.500. The van der Waals surface area contributed by atoms with Gasteiger partial charge in [0.1, 0.15) is 5.69 Å². The number of nitro groups is 1. The molecule has 0 aliphatic rings. The van der Waals surface area contributed by atoms with E-state index in [1.165, 1.54) is 6.92 Å². The molecular weight excluding hydrogens is 336 g/mol. The van der Waals surface area contributed by atoms with E-state index in [1.54, 1.807) is 0 Å². The van der Waals surface area contributed by atoms with Gasteiger partial charge in [0, 0.05) is 11.8 Å². The number of aromatic amines is 1. The standard InChI is InChI=1S/C10H13BrN4O5/c1-5(17)12-10-13-7(3-2-6(11)4-16)8(15(19)20)9(18)14-10/h6,16H,2-4H2,1H3,(H2,12,13,14,17,18). The van der Waals surface area contributed by atoms with Crippen molar-refractivity contribution in [2.24, 2.45) is 0 Å². The maximum absolute atomic E-state index is 11.6. The highest BCUT2D eigenvalue weighted by Gasteiger charge is 2.22. The maximum Gasteiger partial charge on any atom is 0.355 e. The molecule has 0 saturated heterocycles. The minimum absolute atomic E-state index is 0.0413. The third-order valence-corrected chi connectivity index (χ3v) is 3.08. The highest BCUT2D eigenvalue weighted by Crippen LogP contribution is 2.17. The molecular formula is C10H13BrN4O5. The van der Waals surface area contributed by atoms with Crippen LogP contribution in [0.3, 0.4) is 0 Å². The summed E-state index contributed by atoms with van der Waals surface area (Å²) in [6.07, 6.45) is 0.469. The molecule has 1 heterocycles. The summed E-state index contributed by atoms with van der Waals surface area (Å²) >= 11 is 3.17.